The van der Waals surface area contributed by atoms with E-state index < -0.39 is 10.0 Å². The Morgan fingerprint density at radius 1 is 1.32 bits per heavy atom. The molecule has 0 saturated heterocycles. The van der Waals surface area contributed by atoms with E-state index in [1.807, 2.05) is 26.8 Å². The van der Waals surface area contributed by atoms with Gasteiger partial charge in [0.2, 0.25) is 10.0 Å². The molecular weight excluding hydrogens is 262 g/mol. The number of rotatable bonds is 6. The Morgan fingerprint density at radius 3 is 2.47 bits per heavy atom. The molecule has 5 nitrogen and oxygen atoms in total. The lowest BCUT2D eigenvalue weighted by Gasteiger charge is -2.19. The van der Waals surface area contributed by atoms with E-state index in [4.69, 9.17) is 0 Å². The van der Waals surface area contributed by atoms with Crippen LogP contribution in [0.3, 0.4) is 0 Å². The van der Waals surface area contributed by atoms with E-state index in [1.165, 1.54) is 12.6 Å². The van der Waals surface area contributed by atoms with Crippen LogP contribution in [0.4, 0.5) is 0 Å². The molecule has 1 atom stereocenters. The molecule has 6 heteroatoms. The summed E-state index contributed by atoms with van der Waals surface area (Å²) in [4.78, 5) is 4.46. The molecule has 108 valence electrons. The number of pyridine rings is 1. The average molecular weight is 285 g/mol. The van der Waals surface area contributed by atoms with Crippen LogP contribution in [0.2, 0.25) is 0 Å². The van der Waals surface area contributed by atoms with Gasteiger partial charge in [-0.3, -0.25) is 4.98 Å². The van der Waals surface area contributed by atoms with Crippen molar-refractivity contribution in [1.29, 1.82) is 0 Å². The van der Waals surface area contributed by atoms with Gasteiger partial charge in [0.1, 0.15) is 0 Å². The number of nitrogens with one attached hydrogen (secondary N) is 2. The van der Waals surface area contributed by atoms with E-state index in [0.29, 0.717) is 6.54 Å². The Bertz CT molecular complexity index is 518. The molecule has 1 aromatic rings. The highest BCUT2D eigenvalue weighted by atomic mass is 32.2. The van der Waals surface area contributed by atoms with E-state index in [-0.39, 0.29) is 11.8 Å². The van der Waals surface area contributed by atoms with Gasteiger partial charge in [-0.05, 0) is 51.9 Å². The predicted molar refractivity (Wildman–Crippen MR) is 77.7 cm³/mol. The van der Waals surface area contributed by atoms with Crippen LogP contribution in [0.25, 0.3) is 0 Å². The molecule has 0 aliphatic carbocycles. The maximum Gasteiger partial charge on any atom is 0.212 e. The molecular formula is C13H23N3O2S. The van der Waals surface area contributed by atoms with Gasteiger partial charge in [0.25, 0.3) is 0 Å². The van der Waals surface area contributed by atoms with Crippen molar-refractivity contribution in [2.75, 3.05) is 19.3 Å². The van der Waals surface area contributed by atoms with Crippen molar-refractivity contribution < 1.29 is 8.42 Å². The van der Waals surface area contributed by atoms with Gasteiger partial charge in [0.15, 0.2) is 0 Å². The van der Waals surface area contributed by atoms with Crippen molar-refractivity contribution in [3.05, 3.63) is 28.6 Å². The van der Waals surface area contributed by atoms with Gasteiger partial charge in [-0.25, -0.2) is 13.1 Å². The van der Waals surface area contributed by atoms with Crippen LogP contribution < -0.4 is 10.0 Å². The zero-order valence-electron chi connectivity index (χ0n) is 12.2. The highest BCUT2D eigenvalue weighted by Crippen LogP contribution is 2.20. The predicted octanol–water partition coefficient (Wildman–Crippen LogP) is 1.21. The summed E-state index contributed by atoms with van der Waals surface area (Å²) in [5.41, 5.74) is 4.33. The molecule has 2 N–H and O–H groups in total. The number of hydrogen-bond donors (Lipinski definition) is 2. The monoisotopic (exact) mass is 285 g/mol. The second-order valence-electron chi connectivity index (χ2n) is 4.78. The van der Waals surface area contributed by atoms with Gasteiger partial charge >= 0.3 is 0 Å². The molecule has 0 spiro atoms. The van der Waals surface area contributed by atoms with Crippen LogP contribution in [-0.4, -0.2) is 32.7 Å². The van der Waals surface area contributed by atoms with Gasteiger partial charge in [0, 0.05) is 24.0 Å². The summed E-state index contributed by atoms with van der Waals surface area (Å²) in [5.74, 6) is 0.0746. The Hall–Kier alpha value is -0.980. The molecule has 1 rings (SSSR count). The molecule has 19 heavy (non-hydrogen) atoms. The maximum atomic E-state index is 11.3. The fourth-order valence-corrected chi connectivity index (χ4v) is 2.89. The molecule has 0 aliphatic rings. The zero-order valence-corrected chi connectivity index (χ0v) is 13.1. The Balaban J connectivity index is 2.72. The topological polar surface area (TPSA) is 71.1 Å². The second kappa shape index (κ2) is 6.45. The maximum absolute atomic E-state index is 11.3. The molecule has 0 saturated carbocycles. The number of nitrogens with zero attached hydrogens (tertiary/aromatic N) is 1. The summed E-state index contributed by atoms with van der Waals surface area (Å²) in [6, 6.07) is 2.13. The van der Waals surface area contributed by atoms with Crippen molar-refractivity contribution >= 4 is 10.0 Å². The molecule has 1 unspecified atom stereocenters. The third kappa shape index (κ3) is 4.56. The normalized spacial score (nSPS) is 13.5. The highest BCUT2D eigenvalue weighted by molar-refractivity contribution is 7.89. The van der Waals surface area contributed by atoms with Crippen LogP contribution in [0.1, 0.15) is 35.5 Å². The van der Waals surface area contributed by atoms with Gasteiger partial charge in [-0.1, -0.05) is 0 Å². The van der Waals surface area contributed by atoms with Crippen LogP contribution >= 0.6 is 0 Å². The summed E-state index contributed by atoms with van der Waals surface area (Å²) in [5, 5.41) is 3.23. The minimum atomic E-state index is -3.15. The van der Waals surface area contributed by atoms with Crippen molar-refractivity contribution in [1.82, 2.24) is 15.0 Å². The standard InChI is InChI=1S/C13H23N3O2S/c1-9-8-10(2)16-12(4)13(9)11(3)15-6-7-19(17,18)14-5/h8,11,14-15H,6-7H2,1-5H3. The third-order valence-electron chi connectivity index (χ3n) is 3.15. The number of aryl methyl sites for hydroxylation is 3. The van der Waals surface area contributed by atoms with Crippen LogP contribution in [0.5, 0.6) is 0 Å². The lowest BCUT2D eigenvalue weighted by atomic mass is 10.0. The fourth-order valence-electron chi connectivity index (χ4n) is 2.30. The van der Waals surface area contributed by atoms with Crippen LogP contribution in [0, 0.1) is 20.8 Å². The Morgan fingerprint density at radius 2 is 1.95 bits per heavy atom. The first kappa shape index (κ1) is 16.1. The molecule has 1 heterocycles. The number of sulfonamides is 1. The highest BCUT2D eigenvalue weighted by Gasteiger charge is 2.14. The van der Waals surface area contributed by atoms with Gasteiger partial charge in [-0.15, -0.1) is 0 Å². The van der Waals surface area contributed by atoms with E-state index in [9.17, 15) is 8.42 Å². The molecule has 0 bridgehead atoms. The summed E-state index contributed by atoms with van der Waals surface area (Å²) in [6.07, 6.45) is 0. The zero-order chi connectivity index (χ0) is 14.6. The lowest BCUT2D eigenvalue weighted by Crippen LogP contribution is -2.31. The molecule has 1 aromatic heterocycles. The lowest BCUT2D eigenvalue weighted by molar-refractivity contribution is 0.564. The summed E-state index contributed by atoms with van der Waals surface area (Å²) >= 11 is 0. The summed E-state index contributed by atoms with van der Waals surface area (Å²) < 4.78 is 25.0. The summed E-state index contributed by atoms with van der Waals surface area (Å²) in [7, 11) is -1.72. The molecule has 0 aliphatic heterocycles. The third-order valence-corrected chi connectivity index (χ3v) is 4.51. The molecule has 0 amide bonds. The average Bonchev–Trinajstić information content (AvgIpc) is 2.27. The first-order valence-corrected chi connectivity index (χ1v) is 8.01. The first-order chi connectivity index (χ1) is 8.76. The smallest absolute Gasteiger partial charge is 0.212 e. The fraction of sp³-hybridized carbons (Fsp3) is 0.615. The van der Waals surface area contributed by atoms with Crippen molar-refractivity contribution in [3.63, 3.8) is 0 Å². The Kier molecular flexibility index (Phi) is 5.46. The number of hydrogen-bond acceptors (Lipinski definition) is 4. The minimum Gasteiger partial charge on any atom is -0.309 e. The van der Waals surface area contributed by atoms with E-state index in [2.05, 4.69) is 21.9 Å². The van der Waals surface area contributed by atoms with Crippen molar-refractivity contribution in [2.24, 2.45) is 0 Å². The van der Waals surface area contributed by atoms with Crippen LogP contribution in [0.15, 0.2) is 6.07 Å². The van der Waals surface area contributed by atoms with E-state index in [0.717, 1.165) is 17.0 Å². The minimum absolute atomic E-state index is 0.0746. The molecule has 0 radical (unpaired) electrons. The first-order valence-electron chi connectivity index (χ1n) is 6.36. The van der Waals surface area contributed by atoms with Gasteiger partial charge < -0.3 is 5.32 Å². The van der Waals surface area contributed by atoms with Gasteiger partial charge in [-0.2, -0.15) is 0 Å². The van der Waals surface area contributed by atoms with Crippen LogP contribution in [-0.2, 0) is 10.0 Å². The largest absolute Gasteiger partial charge is 0.309 e. The van der Waals surface area contributed by atoms with E-state index in [1.54, 1.807) is 0 Å². The van der Waals surface area contributed by atoms with Gasteiger partial charge in [0.05, 0.1) is 5.75 Å². The molecule has 0 fully saturated rings. The summed E-state index contributed by atoms with van der Waals surface area (Å²) in [6.45, 7) is 8.45. The SMILES string of the molecule is CNS(=O)(=O)CCNC(C)c1c(C)cc(C)nc1C. The second-order valence-corrected chi connectivity index (χ2v) is 6.82. The van der Waals surface area contributed by atoms with Crippen molar-refractivity contribution in [3.8, 4) is 0 Å². The Labute approximate surface area is 115 Å². The quantitative estimate of drug-likeness (QED) is 0.824. The van der Waals surface area contributed by atoms with Crippen molar-refractivity contribution in [2.45, 2.75) is 33.7 Å². The molecule has 0 aromatic carbocycles. The van der Waals surface area contributed by atoms with E-state index >= 15 is 0 Å². The number of aromatic nitrogens is 1.